The maximum Gasteiger partial charge on any atom is 0.223 e. The maximum absolute atomic E-state index is 12.4. The summed E-state index contributed by atoms with van der Waals surface area (Å²) < 4.78 is 0. The molecule has 2 bridgehead atoms. The van der Waals surface area contributed by atoms with Gasteiger partial charge in [0.05, 0.1) is 6.54 Å². The highest BCUT2D eigenvalue weighted by atomic mass is 35.5. The summed E-state index contributed by atoms with van der Waals surface area (Å²) in [7, 11) is 0. The van der Waals surface area contributed by atoms with Crippen molar-refractivity contribution in [2.45, 2.75) is 58.0 Å². The highest BCUT2D eigenvalue weighted by Crippen LogP contribution is 2.41. The first-order valence-electron chi connectivity index (χ1n) is 8.14. The van der Waals surface area contributed by atoms with Crippen molar-refractivity contribution in [1.29, 1.82) is 0 Å². The molecule has 2 unspecified atom stereocenters. The van der Waals surface area contributed by atoms with Crippen molar-refractivity contribution in [3.05, 3.63) is 16.1 Å². The Balaban J connectivity index is 0.00000132. The van der Waals surface area contributed by atoms with E-state index in [0.29, 0.717) is 24.4 Å². The molecule has 132 valence electrons. The van der Waals surface area contributed by atoms with E-state index in [2.05, 4.69) is 17.2 Å². The molecule has 23 heavy (non-hydrogen) atoms. The summed E-state index contributed by atoms with van der Waals surface area (Å²) in [6, 6.07) is 0.328. The van der Waals surface area contributed by atoms with Gasteiger partial charge in [0.25, 0.3) is 0 Å². The average Bonchev–Trinajstić information content (AvgIpc) is 2.92. The first-order valence-corrected chi connectivity index (χ1v) is 8.96. The number of fused-ring (bicyclic) bond motifs is 2. The van der Waals surface area contributed by atoms with Crippen LogP contribution in [-0.4, -0.2) is 16.9 Å². The molecular weight excluding hydrogens is 353 g/mol. The third-order valence-corrected chi connectivity index (χ3v) is 6.29. The molecule has 0 spiro atoms. The van der Waals surface area contributed by atoms with Crippen LogP contribution in [0.15, 0.2) is 6.20 Å². The standard InChI is InChI=1S/C16H25N3OS.2ClH/c1-2-13-8-18-14(21-13)9-19-16(20)12-6-10-4-3-5-11(7-12)15(10)17;;/h8,10-12,15H,2-7,9,17H2,1H3,(H,19,20);2*1H. The van der Waals surface area contributed by atoms with E-state index in [1.807, 2.05) is 6.20 Å². The van der Waals surface area contributed by atoms with Crippen LogP contribution in [0.3, 0.4) is 0 Å². The summed E-state index contributed by atoms with van der Waals surface area (Å²) >= 11 is 1.69. The fourth-order valence-corrected chi connectivity index (χ4v) is 4.71. The molecule has 4 nitrogen and oxygen atoms in total. The van der Waals surface area contributed by atoms with Crippen LogP contribution in [0.5, 0.6) is 0 Å². The fourth-order valence-electron chi connectivity index (χ4n) is 3.90. The first-order chi connectivity index (χ1) is 10.2. The van der Waals surface area contributed by atoms with E-state index < -0.39 is 0 Å². The number of aryl methyl sites for hydroxylation is 1. The Bertz CT molecular complexity index is 497. The Morgan fingerprint density at radius 3 is 2.57 bits per heavy atom. The van der Waals surface area contributed by atoms with E-state index in [1.54, 1.807) is 11.3 Å². The number of carbonyl (C=O) groups excluding carboxylic acids is 1. The van der Waals surface area contributed by atoms with Crippen molar-refractivity contribution >= 4 is 42.1 Å². The van der Waals surface area contributed by atoms with Gasteiger partial charge in [0.2, 0.25) is 5.91 Å². The van der Waals surface area contributed by atoms with E-state index in [4.69, 9.17) is 5.73 Å². The summed E-state index contributed by atoms with van der Waals surface area (Å²) in [5, 5.41) is 4.09. The molecule has 0 aliphatic heterocycles. The van der Waals surface area contributed by atoms with Crippen LogP contribution in [0, 0.1) is 17.8 Å². The summed E-state index contributed by atoms with van der Waals surface area (Å²) in [5.41, 5.74) is 6.29. The Labute approximate surface area is 154 Å². The van der Waals surface area contributed by atoms with Crippen LogP contribution in [0.2, 0.25) is 0 Å². The number of nitrogens with zero attached hydrogens (tertiary/aromatic N) is 1. The van der Waals surface area contributed by atoms with E-state index in [-0.39, 0.29) is 36.6 Å². The van der Waals surface area contributed by atoms with Gasteiger partial charge in [0, 0.05) is 23.0 Å². The number of nitrogens with one attached hydrogen (secondary N) is 1. The third kappa shape index (κ3) is 4.81. The molecule has 0 aromatic carbocycles. The molecule has 7 heteroatoms. The summed E-state index contributed by atoms with van der Waals surface area (Å²) in [6.07, 6.45) is 8.56. The highest BCUT2D eigenvalue weighted by molar-refractivity contribution is 7.11. The van der Waals surface area contributed by atoms with Crippen LogP contribution in [0.1, 0.15) is 48.9 Å². The molecule has 2 fully saturated rings. The van der Waals surface area contributed by atoms with Crippen molar-refractivity contribution in [2.24, 2.45) is 23.5 Å². The lowest BCUT2D eigenvalue weighted by atomic mass is 9.65. The molecule has 1 aromatic heterocycles. The zero-order valence-corrected chi connectivity index (χ0v) is 15.9. The number of aromatic nitrogens is 1. The van der Waals surface area contributed by atoms with Gasteiger partial charge in [-0.1, -0.05) is 13.3 Å². The smallest absolute Gasteiger partial charge is 0.223 e. The SMILES string of the molecule is CCc1cnc(CNC(=O)C2CC3CCCC(C2)C3N)s1.Cl.Cl. The minimum Gasteiger partial charge on any atom is -0.349 e. The quantitative estimate of drug-likeness (QED) is 0.842. The topological polar surface area (TPSA) is 68.0 Å². The molecule has 1 aromatic rings. The second-order valence-electron chi connectivity index (χ2n) is 6.49. The molecule has 2 atom stereocenters. The predicted octanol–water partition coefficient (Wildman–Crippen LogP) is 3.32. The molecular formula is C16H27Cl2N3OS. The lowest BCUT2D eigenvalue weighted by molar-refractivity contribution is -0.128. The van der Waals surface area contributed by atoms with Crippen LogP contribution in [-0.2, 0) is 17.8 Å². The number of amides is 1. The molecule has 0 radical (unpaired) electrons. The van der Waals surface area contributed by atoms with Gasteiger partial charge in [-0.3, -0.25) is 4.79 Å². The van der Waals surface area contributed by atoms with Gasteiger partial charge in [0.1, 0.15) is 5.01 Å². The van der Waals surface area contributed by atoms with Crippen molar-refractivity contribution in [2.75, 3.05) is 0 Å². The zero-order chi connectivity index (χ0) is 14.8. The van der Waals surface area contributed by atoms with E-state index in [1.165, 1.54) is 24.1 Å². The van der Waals surface area contributed by atoms with Crippen molar-refractivity contribution in [3.63, 3.8) is 0 Å². The Kier molecular flexibility index (Phi) is 8.28. The monoisotopic (exact) mass is 379 g/mol. The minimum atomic E-state index is 0. The second kappa shape index (κ2) is 9.21. The van der Waals surface area contributed by atoms with Crippen LogP contribution < -0.4 is 11.1 Å². The lowest BCUT2D eigenvalue weighted by Crippen LogP contribution is -2.49. The van der Waals surface area contributed by atoms with E-state index in [0.717, 1.165) is 24.3 Å². The van der Waals surface area contributed by atoms with Gasteiger partial charge in [0.15, 0.2) is 0 Å². The molecule has 2 aliphatic carbocycles. The molecule has 1 amide bonds. The van der Waals surface area contributed by atoms with Crippen LogP contribution in [0.25, 0.3) is 0 Å². The van der Waals surface area contributed by atoms with E-state index >= 15 is 0 Å². The summed E-state index contributed by atoms with van der Waals surface area (Å²) in [4.78, 5) is 18.0. The summed E-state index contributed by atoms with van der Waals surface area (Å²) in [6.45, 7) is 2.70. The number of hydrogen-bond donors (Lipinski definition) is 2. The fraction of sp³-hybridized carbons (Fsp3) is 0.750. The normalized spacial score (nSPS) is 29.1. The number of halogens is 2. The lowest BCUT2D eigenvalue weighted by Gasteiger charge is -2.43. The van der Waals surface area contributed by atoms with Gasteiger partial charge in [-0.2, -0.15) is 0 Å². The number of nitrogens with two attached hydrogens (primary N) is 1. The van der Waals surface area contributed by atoms with Gasteiger partial charge in [-0.15, -0.1) is 36.2 Å². The van der Waals surface area contributed by atoms with E-state index in [9.17, 15) is 4.79 Å². The summed E-state index contributed by atoms with van der Waals surface area (Å²) in [5.74, 6) is 1.47. The number of thiazole rings is 1. The van der Waals surface area contributed by atoms with Gasteiger partial charge >= 0.3 is 0 Å². The molecule has 0 saturated heterocycles. The number of rotatable bonds is 4. The average molecular weight is 380 g/mol. The van der Waals surface area contributed by atoms with Gasteiger partial charge in [-0.25, -0.2) is 4.98 Å². The Hall–Kier alpha value is -0.360. The zero-order valence-electron chi connectivity index (χ0n) is 13.5. The highest BCUT2D eigenvalue weighted by Gasteiger charge is 2.40. The Morgan fingerprint density at radius 1 is 1.35 bits per heavy atom. The minimum absolute atomic E-state index is 0. The molecule has 3 rings (SSSR count). The van der Waals surface area contributed by atoms with Crippen LogP contribution >= 0.6 is 36.2 Å². The molecule has 3 N–H and O–H groups in total. The first kappa shape index (κ1) is 20.7. The van der Waals surface area contributed by atoms with Gasteiger partial charge in [-0.05, 0) is 43.9 Å². The number of carbonyl (C=O) groups is 1. The van der Waals surface area contributed by atoms with Crippen LogP contribution in [0.4, 0.5) is 0 Å². The number of hydrogen-bond acceptors (Lipinski definition) is 4. The maximum atomic E-state index is 12.4. The molecule has 2 aliphatic rings. The Morgan fingerprint density at radius 2 is 2.00 bits per heavy atom. The largest absolute Gasteiger partial charge is 0.349 e. The van der Waals surface area contributed by atoms with Crippen molar-refractivity contribution < 1.29 is 4.79 Å². The third-order valence-electron chi connectivity index (χ3n) is 5.15. The molecule has 1 heterocycles. The van der Waals surface area contributed by atoms with Gasteiger partial charge < -0.3 is 11.1 Å². The van der Waals surface area contributed by atoms with Crippen molar-refractivity contribution in [1.82, 2.24) is 10.3 Å². The molecule has 2 saturated carbocycles. The van der Waals surface area contributed by atoms with Crippen molar-refractivity contribution in [3.8, 4) is 0 Å². The predicted molar refractivity (Wildman–Crippen MR) is 99.4 cm³/mol. The second-order valence-corrected chi connectivity index (χ2v) is 7.69.